The number of aliphatic hydroxyl groups is 1. The summed E-state index contributed by atoms with van der Waals surface area (Å²) in [6, 6.07) is 0. The van der Waals surface area contributed by atoms with Gasteiger partial charge in [0.2, 0.25) is 0 Å². The zero-order chi connectivity index (χ0) is 12.5. The van der Waals surface area contributed by atoms with E-state index in [0.29, 0.717) is 12.5 Å². The van der Waals surface area contributed by atoms with Crippen LogP contribution in [0.25, 0.3) is 0 Å². The lowest BCUT2D eigenvalue weighted by molar-refractivity contribution is -0.0427. The van der Waals surface area contributed by atoms with Crippen LogP contribution < -0.4 is 0 Å². The van der Waals surface area contributed by atoms with Gasteiger partial charge in [-0.15, -0.1) is 11.3 Å². The molecule has 17 heavy (non-hydrogen) atoms. The first-order valence-corrected chi connectivity index (χ1v) is 7.02. The molecule has 1 aliphatic carbocycles. The van der Waals surface area contributed by atoms with Gasteiger partial charge >= 0.3 is 0 Å². The number of ether oxygens (including phenoxy) is 1. The Bertz CT molecular complexity index is 361. The third-order valence-electron chi connectivity index (χ3n) is 3.75. The Morgan fingerprint density at radius 1 is 1.41 bits per heavy atom. The molecule has 96 valence electrons. The summed E-state index contributed by atoms with van der Waals surface area (Å²) in [5, 5.41) is 11.6. The van der Waals surface area contributed by atoms with Crippen molar-refractivity contribution >= 4 is 11.3 Å². The van der Waals surface area contributed by atoms with Gasteiger partial charge in [-0.3, -0.25) is 0 Å². The second-order valence-corrected chi connectivity index (χ2v) is 6.37. The van der Waals surface area contributed by atoms with Gasteiger partial charge in [0, 0.05) is 18.4 Å². The smallest absolute Gasteiger partial charge is 0.0959 e. The Morgan fingerprint density at radius 2 is 2.06 bits per heavy atom. The molecule has 0 unspecified atom stereocenters. The molecule has 1 fully saturated rings. The summed E-state index contributed by atoms with van der Waals surface area (Å²) >= 11 is 1.71. The SMILES string of the molecule is COC1CCC(O)(Cc2nc(C)c(C)s2)CC1. The van der Waals surface area contributed by atoms with Crippen molar-refractivity contribution in [3.05, 3.63) is 15.6 Å². The van der Waals surface area contributed by atoms with Crippen LogP contribution >= 0.6 is 11.3 Å². The van der Waals surface area contributed by atoms with Crippen LogP contribution in [0.5, 0.6) is 0 Å². The van der Waals surface area contributed by atoms with Crippen molar-refractivity contribution in [1.29, 1.82) is 0 Å². The first-order valence-electron chi connectivity index (χ1n) is 6.20. The largest absolute Gasteiger partial charge is 0.389 e. The van der Waals surface area contributed by atoms with Crippen LogP contribution in [-0.2, 0) is 11.2 Å². The fraction of sp³-hybridized carbons (Fsp3) is 0.769. The second-order valence-electron chi connectivity index (χ2n) is 5.09. The highest BCUT2D eigenvalue weighted by Crippen LogP contribution is 2.33. The molecule has 0 spiro atoms. The fourth-order valence-corrected chi connectivity index (χ4v) is 3.51. The number of aromatic nitrogens is 1. The van der Waals surface area contributed by atoms with E-state index in [-0.39, 0.29) is 0 Å². The maximum atomic E-state index is 10.5. The minimum Gasteiger partial charge on any atom is -0.389 e. The summed E-state index contributed by atoms with van der Waals surface area (Å²) in [5.74, 6) is 0. The van der Waals surface area contributed by atoms with Gasteiger partial charge in [-0.05, 0) is 39.5 Å². The van der Waals surface area contributed by atoms with Crippen LogP contribution in [0, 0.1) is 13.8 Å². The molecule has 1 aromatic heterocycles. The third-order valence-corrected chi connectivity index (χ3v) is 4.82. The van der Waals surface area contributed by atoms with Gasteiger partial charge < -0.3 is 9.84 Å². The van der Waals surface area contributed by atoms with Crippen LogP contribution in [0.2, 0.25) is 0 Å². The molecule has 2 rings (SSSR count). The van der Waals surface area contributed by atoms with Crippen molar-refractivity contribution in [2.24, 2.45) is 0 Å². The molecule has 0 amide bonds. The predicted molar refractivity (Wildman–Crippen MR) is 69.5 cm³/mol. The minimum atomic E-state index is -0.564. The molecule has 3 nitrogen and oxygen atoms in total. The van der Waals surface area contributed by atoms with E-state index in [1.54, 1.807) is 18.4 Å². The minimum absolute atomic E-state index is 0.329. The Labute approximate surface area is 107 Å². The quantitative estimate of drug-likeness (QED) is 0.903. The van der Waals surface area contributed by atoms with Crippen molar-refractivity contribution in [1.82, 2.24) is 4.98 Å². The average Bonchev–Trinajstić information content (AvgIpc) is 2.58. The Hall–Kier alpha value is -0.450. The number of hydrogen-bond acceptors (Lipinski definition) is 4. The van der Waals surface area contributed by atoms with Crippen molar-refractivity contribution in [2.75, 3.05) is 7.11 Å². The highest BCUT2D eigenvalue weighted by molar-refractivity contribution is 7.11. The Kier molecular flexibility index (Phi) is 3.85. The molecule has 0 aromatic carbocycles. The van der Waals surface area contributed by atoms with Gasteiger partial charge in [0.05, 0.1) is 22.4 Å². The van der Waals surface area contributed by atoms with Gasteiger partial charge in [-0.2, -0.15) is 0 Å². The van der Waals surface area contributed by atoms with Crippen molar-refractivity contribution in [2.45, 2.75) is 57.7 Å². The van der Waals surface area contributed by atoms with Gasteiger partial charge in [0.25, 0.3) is 0 Å². The number of methoxy groups -OCH3 is 1. The van der Waals surface area contributed by atoms with Crippen molar-refractivity contribution < 1.29 is 9.84 Å². The molecule has 0 bridgehead atoms. The molecule has 0 aliphatic heterocycles. The zero-order valence-corrected chi connectivity index (χ0v) is 11.6. The normalized spacial score (nSPS) is 29.5. The number of thiazole rings is 1. The van der Waals surface area contributed by atoms with E-state index in [2.05, 4.69) is 11.9 Å². The molecule has 1 aromatic rings. The van der Waals surface area contributed by atoms with Crippen molar-refractivity contribution in [3.8, 4) is 0 Å². The summed E-state index contributed by atoms with van der Waals surface area (Å²) in [7, 11) is 1.75. The topological polar surface area (TPSA) is 42.4 Å². The van der Waals surface area contributed by atoms with Crippen LogP contribution in [0.3, 0.4) is 0 Å². The lowest BCUT2D eigenvalue weighted by Gasteiger charge is -2.34. The van der Waals surface area contributed by atoms with E-state index in [9.17, 15) is 5.11 Å². The Morgan fingerprint density at radius 3 is 2.53 bits per heavy atom. The first-order chi connectivity index (χ1) is 8.02. The Balaban J connectivity index is 1.98. The maximum absolute atomic E-state index is 10.5. The highest BCUT2D eigenvalue weighted by Gasteiger charge is 2.34. The van der Waals surface area contributed by atoms with Crippen molar-refractivity contribution in [3.63, 3.8) is 0 Å². The molecule has 0 radical (unpaired) electrons. The van der Waals surface area contributed by atoms with Crippen LogP contribution in [0.1, 0.15) is 41.3 Å². The molecular formula is C13H21NO2S. The lowest BCUT2D eigenvalue weighted by atomic mass is 9.81. The van der Waals surface area contributed by atoms with Crippen LogP contribution in [-0.4, -0.2) is 28.9 Å². The second kappa shape index (κ2) is 5.04. The molecule has 1 saturated carbocycles. The van der Waals surface area contributed by atoms with E-state index in [1.807, 2.05) is 6.92 Å². The summed E-state index contributed by atoms with van der Waals surface area (Å²) in [6.45, 7) is 4.11. The lowest BCUT2D eigenvalue weighted by Crippen LogP contribution is -2.38. The molecule has 0 atom stereocenters. The molecule has 1 N–H and O–H groups in total. The monoisotopic (exact) mass is 255 g/mol. The first kappa shape index (κ1) is 13.0. The van der Waals surface area contributed by atoms with E-state index in [4.69, 9.17) is 4.74 Å². The number of aryl methyl sites for hydroxylation is 2. The number of rotatable bonds is 3. The van der Waals surface area contributed by atoms with Gasteiger partial charge in [-0.1, -0.05) is 0 Å². The fourth-order valence-electron chi connectivity index (χ4n) is 2.44. The summed E-state index contributed by atoms with van der Waals surface area (Å²) < 4.78 is 5.33. The summed E-state index contributed by atoms with van der Waals surface area (Å²) in [5.41, 5.74) is 0.533. The zero-order valence-electron chi connectivity index (χ0n) is 10.8. The highest BCUT2D eigenvalue weighted by atomic mass is 32.1. The van der Waals surface area contributed by atoms with Gasteiger partial charge in [0.15, 0.2) is 0 Å². The molecule has 4 heteroatoms. The summed E-state index contributed by atoms with van der Waals surface area (Å²) in [4.78, 5) is 5.77. The molecule has 0 saturated heterocycles. The van der Waals surface area contributed by atoms with E-state index in [1.165, 1.54) is 4.88 Å². The number of nitrogens with zero attached hydrogens (tertiary/aromatic N) is 1. The third kappa shape index (κ3) is 3.06. The predicted octanol–water partition coefficient (Wildman–Crippen LogP) is 2.62. The maximum Gasteiger partial charge on any atom is 0.0959 e. The van der Waals surface area contributed by atoms with Gasteiger partial charge in [0.1, 0.15) is 0 Å². The van der Waals surface area contributed by atoms with E-state index >= 15 is 0 Å². The molecular weight excluding hydrogens is 234 g/mol. The van der Waals surface area contributed by atoms with Crippen LogP contribution in [0.4, 0.5) is 0 Å². The standard InChI is InChI=1S/C13H21NO2S/c1-9-10(2)17-12(14-9)8-13(15)6-4-11(16-3)5-7-13/h11,15H,4-8H2,1-3H3. The van der Waals surface area contributed by atoms with Crippen LogP contribution in [0.15, 0.2) is 0 Å². The van der Waals surface area contributed by atoms with E-state index < -0.39 is 5.60 Å². The van der Waals surface area contributed by atoms with Gasteiger partial charge in [-0.25, -0.2) is 4.98 Å². The molecule has 1 heterocycles. The summed E-state index contributed by atoms with van der Waals surface area (Å²) in [6.07, 6.45) is 4.58. The van der Waals surface area contributed by atoms with E-state index in [0.717, 1.165) is 36.4 Å². The molecule has 1 aliphatic rings. The average molecular weight is 255 g/mol. The number of hydrogen-bond donors (Lipinski definition) is 1.